The molecular formula is C20H30N4O. The maximum absolute atomic E-state index is 5.21. The van der Waals surface area contributed by atoms with E-state index in [0.717, 1.165) is 55.3 Å². The van der Waals surface area contributed by atoms with Crippen LogP contribution < -0.4 is 10.1 Å². The number of methoxy groups -OCH3 is 1. The number of hydrogen-bond acceptors (Lipinski definition) is 5. The molecule has 2 rings (SSSR count). The second kappa shape index (κ2) is 9.99. The maximum Gasteiger partial charge on any atom is 0.223 e. The summed E-state index contributed by atoms with van der Waals surface area (Å²) in [5.74, 6) is 1.55. The summed E-state index contributed by atoms with van der Waals surface area (Å²) in [4.78, 5) is 11.6. The molecule has 0 atom stereocenters. The zero-order valence-electron chi connectivity index (χ0n) is 15.9. The van der Waals surface area contributed by atoms with Gasteiger partial charge in [-0.05, 0) is 69.7 Å². The third-order valence-corrected chi connectivity index (χ3v) is 4.32. The molecule has 0 radical (unpaired) electrons. The topological polar surface area (TPSA) is 50.3 Å². The zero-order chi connectivity index (χ0) is 18.1. The lowest BCUT2D eigenvalue weighted by Gasteiger charge is -2.17. The lowest BCUT2D eigenvalue weighted by molar-refractivity contribution is 0.298. The largest absolute Gasteiger partial charge is 0.497 e. The van der Waals surface area contributed by atoms with Crippen LogP contribution in [0.2, 0.25) is 0 Å². The minimum atomic E-state index is 0.702. The van der Waals surface area contributed by atoms with Crippen molar-refractivity contribution in [2.45, 2.75) is 33.6 Å². The van der Waals surface area contributed by atoms with Gasteiger partial charge < -0.3 is 15.0 Å². The van der Waals surface area contributed by atoms with E-state index in [1.165, 1.54) is 6.42 Å². The molecule has 25 heavy (non-hydrogen) atoms. The van der Waals surface area contributed by atoms with Crippen LogP contribution in [-0.4, -0.2) is 48.2 Å². The Bertz CT molecular complexity index is 639. The predicted octanol–water partition coefficient (Wildman–Crippen LogP) is 3.99. The number of aromatic nitrogens is 2. The highest BCUT2D eigenvalue weighted by molar-refractivity contribution is 5.61. The number of unbranched alkanes of at least 4 members (excludes halogenated alkanes) is 1. The lowest BCUT2D eigenvalue weighted by atomic mass is 10.1. The minimum Gasteiger partial charge on any atom is -0.497 e. The monoisotopic (exact) mass is 342 g/mol. The van der Waals surface area contributed by atoms with Crippen molar-refractivity contribution >= 4 is 5.95 Å². The van der Waals surface area contributed by atoms with E-state index >= 15 is 0 Å². The second-order valence-electron chi connectivity index (χ2n) is 6.11. The van der Waals surface area contributed by atoms with Crippen molar-refractivity contribution in [1.29, 1.82) is 0 Å². The van der Waals surface area contributed by atoms with Crippen molar-refractivity contribution in [3.63, 3.8) is 0 Å². The van der Waals surface area contributed by atoms with Gasteiger partial charge >= 0.3 is 0 Å². The average molecular weight is 342 g/mol. The highest BCUT2D eigenvalue weighted by Crippen LogP contribution is 2.22. The first-order chi connectivity index (χ1) is 12.2. The maximum atomic E-state index is 5.21. The van der Waals surface area contributed by atoms with Crippen LogP contribution in [0.3, 0.4) is 0 Å². The van der Waals surface area contributed by atoms with Crippen LogP contribution in [0.5, 0.6) is 5.75 Å². The van der Waals surface area contributed by atoms with Crippen LogP contribution in [0.25, 0.3) is 11.3 Å². The van der Waals surface area contributed by atoms with Gasteiger partial charge in [0.25, 0.3) is 0 Å². The molecule has 0 aliphatic carbocycles. The Kier molecular flexibility index (Phi) is 7.67. The smallest absolute Gasteiger partial charge is 0.223 e. The van der Waals surface area contributed by atoms with Gasteiger partial charge in [0, 0.05) is 17.8 Å². The van der Waals surface area contributed by atoms with Crippen LogP contribution >= 0.6 is 0 Å². The second-order valence-corrected chi connectivity index (χ2v) is 6.11. The SMILES string of the molecule is CCN(CC)CCCCNc1nc(C)cc(-c2ccc(OC)cc2)n1. The van der Waals surface area contributed by atoms with Gasteiger partial charge in [-0.3, -0.25) is 0 Å². The fraction of sp³-hybridized carbons (Fsp3) is 0.500. The molecule has 1 aromatic heterocycles. The number of rotatable bonds is 10. The summed E-state index contributed by atoms with van der Waals surface area (Å²) in [6.07, 6.45) is 2.30. The van der Waals surface area contributed by atoms with E-state index in [2.05, 4.69) is 34.0 Å². The number of nitrogens with one attached hydrogen (secondary N) is 1. The van der Waals surface area contributed by atoms with Crippen LogP contribution in [0.15, 0.2) is 30.3 Å². The zero-order valence-corrected chi connectivity index (χ0v) is 15.9. The summed E-state index contributed by atoms with van der Waals surface area (Å²) in [5, 5.41) is 3.36. The van der Waals surface area contributed by atoms with Gasteiger partial charge in [-0.2, -0.15) is 0 Å². The van der Waals surface area contributed by atoms with Gasteiger partial charge in [0.2, 0.25) is 5.95 Å². The molecule has 0 amide bonds. The Morgan fingerprint density at radius 1 is 1.04 bits per heavy atom. The molecule has 1 aromatic carbocycles. The van der Waals surface area contributed by atoms with Gasteiger partial charge in [0.1, 0.15) is 5.75 Å². The molecule has 5 heteroatoms. The first-order valence-electron chi connectivity index (χ1n) is 9.12. The number of anilines is 1. The van der Waals surface area contributed by atoms with Crippen molar-refractivity contribution in [2.75, 3.05) is 38.6 Å². The fourth-order valence-electron chi connectivity index (χ4n) is 2.76. The molecule has 5 nitrogen and oxygen atoms in total. The lowest BCUT2D eigenvalue weighted by Crippen LogP contribution is -2.24. The summed E-state index contributed by atoms with van der Waals surface area (Å²) >= 11 is 0. The van der Waals surface area contributed by atoms with Gasteiger partial charge in [-0.25, -0.2) is 9.97 Å². The Morgan fingerprint density at radius 3 is 2.40 bits per heavy atom. The molecule has 0 aliphatic rings. The van der Waals surface area contributed by atoms with E-state index in [9.17, 15) is 0 Å². The van der Waals surface area contributed by atoms with E-state index in [4.69, 9.17) is 4.74 Å². The predicted molar refractivity (Wildman–Crippen MR) is 104 cm³/mol. The molecule has 0 unspecified atom stereocenters. The van der Waals surface area contributed by atoms with Gasteiger partial charge in [-0.15, -0.1) is 0 Å². The molecule has 2 aromatic rings. The molecule has 0 fully saturated rings. The summed E-state index contributed by atoms with van der Waals surface area (Å²) in [5.41, 5.74) is 2.96. The summed E-state index contributed by atoms with van der Waals surface area (Å²) in [6.45, 7) is 10.7. The minimum absolute atomic E-state index is 0.702. The third kappa shape index (κ3) is 6.02. The molecule has 1 N–H and O–H groups in total. The highest BCUT2D eigenvalue weighted by Gasteiger charge is 2.05. The molecule has 1 heterocycles. The van der Waals surface area contributed by atoms with Crippen molar-refractivity contribution in [3.05, 3.63) is 36.0 Å². The summed E-state index contributed by atoms with van der Waals surface area (Å²) < 4.78 is 5.21. The van der Waals surface area contributed by atoms with E-state index in [1.807, 2.05) is 37.3 Å². The van der Waals surface area contributed by atoms with Crippen molar-refractivity contribution < 1.29 is 4.74 Å². The molecule has 0 bridgehead atoms. The summed E-state index contributed by atoms with van der Waals surface area (Å²) in [7, 11) is 1.67. The van der Waals surface area contributed by atoms with Crippen molar-refractivity contribution in [1.82, 2.24) is 14.9 Å². The standard InChI is InChI=1S/C20H30N4O/c1-5-24(6-2)14-8-7-13-21-20-22-16(3)15-19(23-20)17-9-11-18(25-4)12-10-17/h9-12,15H,5-8,13-14H2,1-4H3,(H,21,22,23). The number of nitrogens with zero attached hydrogens (tertiary/aromatic N) is 3. The Hall–Kier alpha value is -2.14. The highest BCUT2D eigenvalue weighted by atomic mass is 16.5. The molecule has 0 spiro atoms. The van der Waals surface area contributed by atoms with Crippen LogP contribution in [0.1, 0.15) is 32.4 Å². The fourth-order valence-corrected chi connectivity index (χ4v) is 2.76. The Morgan fingerprint density at radius 2 is 1.76 bits per heavy atom. The number of benzene rings is 1. The Balaban J connectivity index is 1.92. The first kappa shape index (κ1) is 19.2. The molecule has 136 valence electrons. The van der Waals surface area contributed by atoms with Gasteiger partial charge in [0.15, 0.2) is 0 Å². The quantitative estimate of drug-likeness (QED) is 0.662. The first-order valence-corrected chi connectivity index (χ1v) is 9.12. The van der Waals surface area contributed by atoms with Crippen LogP contribution in [0.4, 0.5) is 5.95 Å². The number of ether oxygens (including phenoxy) is 1. The average Bonchev–Trinajstić information content (AvgIpc) is 2.64. The molecular weight excluding hydrogens is 312 g/mol. The Labute approximate surface area is 151 Å². The van der Waals surface area contributed by atoms with Crippen molar-refractivity contribution in [2.24, 2.45) is 0 Å². The number of aryl methyl sites for hydroxylation is 1. The van der Waals surface area contributed by atoms with E-state index < -0.39 is 0 Å². The summed E-state index contributed by atoms with van der Waals surface area (Å²) in [6, 6.07) is 9.95. The van der Waals surface area contributed by atoms with Crippen LogP contribution in [0, 0.1) is 6.92 Å². The van der Waals surface area contributed by atoms with Gasteiger partial charge in [0.05, 0.1) is 12.8 Å². The molecule has 0 saturated carbocycles. The number of hydrogen-bond donors (Lipinski definition) is 1. The van der Waals surface area contributed by atoms with E-state index in [0.29, 0.717) is 5.95 Å². The molecule has 0 aliphatic heterocycles. The van der Waals surface area contributed by atoms with Crippen LogP contribution in [-0.2, 0) is 0 Å². The normalized spacial score (nSPS) is 10.9. The third-order valence-electron chi connectivity index (χ3n) is 4.32. The van der Waals surface area contributed by atoms with Gasteiger partial charge in [-0.1, -0.05) is 13.8 Å². The van der Waals surface area contributed by atoms with E-state index in [-0.39, 0.29) is 0 Å². The molecule has 0 saturated heterocycles. The van der Waals surface area contributed by atoms with E-state index in [1.54, 1.807) is 7.11 Å². The van der Waals surface area contributed by atoms with Crippen molar-refractivity contribution in [3.8, 4) is 17.0 Å².